The summed E-state index contributed by atoms with van der Waals surface area (Å²) in [6, 6.07) is 7.71. The van der Waals surface area contributed by atoms with Crippen molar-refractivity contribution in [1.82, 2.24) is 0 Å². The smallest absolute Gasteiger partial charge is 0.198 e. The van der Waals surface area contributed by atoms with Gasteiger partial charge in [0.25, 0.3) is 0 Å². The third-order valence-electron chi connectivity index (χ3n) is 3.78. The Kier molecular flexibility index (Phi) is 3.88. The van der Waals surface area contributed by atoms with Gasteiger partial charge in [-0.25, -0.2) is 8.78 Å². The van der Waals surface area contributed by atoms with Crippen molar-refractivity contribution < 1.29 is 18.6 Å². The molecular formula is C17H16F2O2. The van der Waals surface area contributed by atoms with E-state index in [0.717, 1.165) is 31.4 Å². The van der Waals surface area contributed by atoms with E-state index in [1.54, 1.807) is 6.07 Å². The Balaban J connectivity index is 1.90. The summed E-state index contributed by atoms with van der Waals surface area (Å²) in [5, 5.41) is 8.93. The third kappa shape index (κ3) is 2.90. The van der Waals surface area contributed by atoms with Crippen molar-refractivity contribution in [2.75, 3.05) is 0 Å². The number of halogens is 2. The molecule has 1 aliphatic carbocycles. The van der Waals surface area contributed by atoms with E-state index >= 15 is 0 Å². The van der Waals surface area contributed by atoms with Gasteiger partial charge in [0, 0.05) is 0 Å². The fraction of sp³-hybridized carbons (Fsp3) is 0.294. The molecule has 0 aliphatic heterocycles. The van der Waals surface area contributed by atoms with E-state index in [0.29, 0.717) is 5.75 Å². The summed E-state index contributed by atoms with van der Waals surface area (Å²) in [6.45, 7) is -0.410. The van der Waals surface area contributed by atoms with Crippen LogP contribution in [0.25, 0.3) is 0 Å². The fourth-order valence-electron chi connectivity index (χ4n) is 2.69. The molecule has 0 heterocycles. The summed E-state index contributed by atoms with van der Waals surface area (Å²) >= 11 is 0. The second-order valence-electron chi connectivity index (χ2n) is 5.29. The number of ether oxygens (including phenoxy) is 1. The average Bonchev–Trinajstić information content (AvgIpc) is 2.50. The molecule has 1 aliphatic rings. The molecule has 1 N–H and O–H groups in total. The molecule has 0 amide bonds. The van der Waals surface area contributed by atoms with E-state index in [9.17, 15) is 8.78 Å². The number of benzene rings is 2. The van der Waals surface area contributed by atoms with E-state index in [1.807, 2.05) is 12.1 Å². The molecule has 2 nitrogen and oxygen atoms in total. The van der Waals surface area contributed by atoms with E-state index in [-0.39, 0.29) is 5.56 Å². The highest BCUT2D eigenvalue weighted by Gasteiger charge is 2.15. The lowest BCUT2D eigenvalue weighted by atomic mass is 9.92. The van der Waals surface area contributed by atoms with Crippen LogP contribution in [0.2, 0.25) is 0 Å². The zero-order chi connectivity index (χ0) is 14.8. The second kappa shape index (κ2) is 5.82. The number of rotatable bonds is 3. The van der Waals surface area contributed by atoms with Crippen LogP contribution in [0.15, 0.2) is 30.3 Å². The van der Waals surface area contributed by atoms with Gasteiger partial charge >= 0.3 is 0 Å². The predicted octanol–water partition coefficient (Wildman–Crippen LogP) is 4.13. The molecule has 0 atom stereocenters. The SMILES string of the molecule is OCc1cc(F)c(Oc2ccc3c(c2)CCCC3)c(F)c1. The number of hydrogen-bond acceptors (Lipinski definition) is 2. The molecule has 0 fully saturated rings. The number of aryl methyl sites for hydroxylation is 2. The van der Waals surface area contributed by atoms with Crippen molar-refractivity contribution in [3.63, 3.8) is 0 Å². The van der Waals surface area contributed by atoms with E-state index in [4.69, 9.17) is 9.84 Å². The molecule has 0 bridgehead atoms. The van der Waals surface area contributed by atoms with Crippen molar-refractivity contribution in [3.05, 3.63) is 58.7 Å². The summed E-state index contributed by atoms with van der Waals surface area (Å²) in [5.74, 6) is -1.61. The largest absolute Gasteiger partial charge is 0.451 e. The van der Waals surface area contributed by atoms with Crippen LogP contribution >= 0.6 is 0 Å². The maximum Gasteiger partial charge on any atom is 0.198 e. The molecule has 21 heavy (non-hydrogen) atoms. The first-order chi connectivity index (χ1) is 10.2. The second-order valence-corrected chi connectivity index (χ2v) is 5.29. The van der Waals surface area contributed by atoms with Crippen molar-refractivity contribution in [2.45, 2.75) is 32.3 Å². The predicted molar refractivity (Wildman–Crippen MR) is 75.4 cm³/mol. The average molecular weight is 290 g/mol. The lowest BCUT2D eigenvalue weighted by Gasteiger charge is -2.17. The number of aliphatic hydroxyl groups excluding tert-OH is 1. The molecule has 0 unspecified atom stereocenters. The number of hydrogen-bond donors (Lipinski definition) is 1. The number of fused-ring (bicyclic) bond motifs is 1. The van der Waals surface area contributed by atoms with Crippen LogP contribution in [0, 0.1) is 11.6 Å². The molecule has 110 valence electrons. The standard InChI is InChI=1S/C17H16F2O2/c18-15-7-11(10-20)8-16(19)17(15)21-14-6-5-12-3-1-2-4-13(12)9-14/h5-9,20H,1-4,10H2. The van der Waals surface area contributed by atoms with Crippen molar-refractivity contribution in [1.29, 1.82) is 0 Å². The molecule has 2 aromatic rings. The Labute approximate surface area is 122 Å². The Morgan fingerprint density at radius 2 is 1.62 bits per heavy atom. The first-order valence-electron chi connectivity index (χ1n) is 7.06. The van der Waals surface area contributed by atoms with Gasteiger partial charge in [-0.1, -0.05) is 6.07 Å². The van der Waals surface area contributed by atoms with Gasteiger partial charge < -0.3 is 9.84 Å². The van der Waals surface area contributed by atoms with Crippen LogP contribution in [0.5, 0.6) is 11.5 Å². The topological polar surface area (TPSA) is 29.5 Å². The van der Waals surface area contributed by atoms with Gasteiger partial charge in [-0.15, -0.1) is 0 Å². The Hall–Kier alpha value is -1.94. The van der Waals surface area contributed by atoms with Crippen molar-refractivity contribution in [3.8, 4) is 11.5 Å². The zero-order valence-corrected chi connectivity index (χ0v) is 11.5. The lowest BCUT2D eigenvalue weighted by Crippen LogP contribution is -2.03. The first-order valence-corrected chi connectivity index (χ1v) is 7.06. The quantitative estimate of drug-likeness (QED) is 0.921. The summed E-state index contributed by atoms with van der Waals surface area (Å²) in [7, 11) is 0. The van der Waals surface area contributed by atoms with Gasteiger partial charge in [0.1, 0.15) is 5.75 Å². The van der Waals surface area contributed by atoms with Crippen LogP contribution in [-0.2, 0) is 19.4 Å². The fourth-order valence-corrected chi connectivity index (χ4v) is 2.69. The Morgan fingerprint density at radius 1 is 0.952 bits per heavy atom. The first kappa shape index (κ1) is 14.0. The Morgan fingerprint density at radius 3 is 2.29 bits per heavy atom. The van der Waals surface area contributed by atoms with Crippen molar-refractivity contribution >= 4 is 0 Å². The maximum absolute atomic E-state index is 13.8. The minimum atomic E-state index is -0.809. The normalized spacial score (nSPS) is 13.9. The van der Waals surface area contributed by atoms with Gasteiger partial charge in [0.15, 0.2) is 17.4 Å². The van der Waals surface area contributed by atoms with Gasteiger partial charge in [-0.3, -0.25) is 0 Å². The van der Waals surface area contributed by atoms with E-state index in [1.165, 1.54) is 17.5 Å². The number of aliphatic hydroxyl groups is 1. The lowest BCUT2D eigenvalue weighted by molar-refractivity contribution is 0.279. The molecule has 0 aromatic heterocycles. The minimum absolute atomic E-state index is 0.183. The summed E-state index contributed by atoms with van der Waals surface area (Å²) in [5.41, 5.74) is 2.65. The van der Waals surface area contributed by atoms with Crippen molar-refractivity contribution in [2.24, 2.45) is 0 Å². The molecule has 4 heteroatoms. The van der Waals surface area contributed by atoms with Crippen LogP contribution in [-0.4, -0.2) is 5.11 Å². The van der Waals surface area contributed by atoms with Gasteiger partial charge in [0.2, 0.25) is 0 Å². The summed E-state index contributed by atoms with van der Waals surface area (Å²) in [6.07, 6.45) is 4.33. The van der Waals surface area contributed by atoms with Crippen LogP contribution in [0.3, 0.4) is 0 Å². The highest BCUT2D eigenvalue weighted by Crippen LogP contribution is 2.31. The van der Waals surface area contributed by atoms with Crippen LogP contribution < -0.4 is 4.74 Å². The minimum Gasteiger partial charge on any atom is -0.451 e. The van der Waals surface area contributed by atoms with Crippen LogP contribution in [0.4, 0.5) is 8.78 Å². The molecule has 0 radical (unpaired) electrons. The summed E-state index contributed by atoms with van der Waals surface area (Å²) < 4.78 is 33.1. The van der Waals surface area contributed by atoms with Crippen LogP contribution in [0.1, 0.15) is 29.5 Å². The van der Waals surface area contributed by atoms with E-state index < -0.39 is 24.0 Å². The van der Waals surface area contributed by atoms with E-state index in [2.05, 4.69) is 0 Å². The molecular weight excluding hydrogens is 274 g/mol. The molecule has 2 aromatic carbocycles. The molecule has 0 spiro atoms. The zero-order valence-electron chi connectivity index (χ0n) is 11.5. The Bertz CT molecular complexity index is 645. The monoisotopic (exact) mass is 290 g/mol. The molecule has 0 saturated carbocycles. The molecule has 3 rings (SSSR count). The van der Waals surface area contributed by atoms with Gasteiger partial charge in [-0.2, -0.15) is 0 Å². The molecule has 0 saturated heterocycles. The van der Waals surface area contributed by atoms with Gasteiger partial charge in [0.05, 0.1) is 6.61 Å². The summed E-state index contributed by atoms with van der Waals surface area (Å²) in [4.78, 5) is 0. The highest BCUT2D eigenvalue weighted by molar-refractivity contribution is 5.41. The highest BCUT2D eigenvalue weighted by atomic mass is 19.1. The van der Waals surface area contributed by atoms with Gasteiger partial charge in [-0.05, 0) is 66.6 Å². The third-order valence-corrected chi connectivity index (χ3v) is 3.78. The maximum atomic E-state index is 13.8.